The summed E-state index contributed by atoms with van der Waals surface area (Å²) in [4.78, 5) is 22.8. The van der Waals surface area contributed by atoms with Crippen molar-refractivity contribution < 1.29 is 14.7 Å². The van der Waals surface area contributed by atoms with E-state index < -0.39 is 12.1 Å². The number of carbonyl (C=O) groups excluding carboxylic acids is 1. The highest BCUT2D eigenvalue weighted by molar-refractivity contribution is 9.09. The Morgan fingerprint density at radius 2 is 1.85 bits per heavy atom. The lowest BCUT2D eigenvalue weighted by molar-refractivity contribution is -0.118. The number of alkyl halides is 1. The topological polar surface area (TPSA) is 78.4 Å². The number of rotatable bonds is 8. The summed E-state index contributed by atoms with van der Waals surface area (Å²) in [6.45, 7) is 0. The summed E-state index contributed by atoms with van der Waals surface area (Å²) in [6.07, 6.45) is 2.09. The molecule has 110 valence electrons. The molecule has 0 unspecified atom stereocenters. The molecule has 0 radical (unpaired) electrons. The third-order valence-electron chi connectivity index (χ3n) is 2.78. The van der Waals surface area contributed by atoms with Gasteiger partial charge in [0.1, 0.15) is 6.04 Å². The molecule has 5 nitrogen and oxygen atoms in total. The summed E-state index contributed by atoms with van der Waals surface area (Å²) in [5, 5.41) is 14.7. The second-order valence-corrected chi connectivity index (χ2v) is 5.19. The van der Waals surface area contributed by atoms with Crippen molar-refractivity contribution in [3.8, 4) is 0 Å². The van der Waals surface area contributed by atoms with Gasteiger partial charge >= 0.3 is 6.09 Å². The van der Waals surface area contributed by atoms with Gasteiger partial charge < -0.3 is 15.7 Å². The van der Waals surface area contributed by atoms with E-state index in [1.165, 1.54) is 0 Å². The predicted octanol–water partition coefficient (Wildman–Crippen LogP) is 3.22. The summed E-state index contributed by atoms with van der Waals surface area (Å²) < 4.78 is 0. The molecule has 6 heteroatoms. The van der Waals surface area contributed by atoms with E-state index in [1.807, 2.05) is 18.2 Å². The van der Waals surface area contributed by atoms with Crippen LogP contribution >= 0.6 is 15.9 Å². The first-order valence-electron chi connectivity index (χ1n) is 6.55. The van der Waals surface area contributed by atoms with Gasteiger partial charge in [-0.3, -0.25) is 4.79 Å². The van der Waals surface area contributed by atoms with Gasteiger partial charge in [-0.25, -0.2) is 4.79 Å². The number of carboxylic acid groups (broad SMARTS) is 1. The minimum Gasteiger partial charge on any atom is -0.465 e. The van der Waals surface area contributed by atoms with Crippen molar-refractivity contribution >= 4 is 33.6 Å². The van der Waals surface area contributed by atoms with E-state index in [9.17, 15) is 9.59 Å². The Hall–Kier alpha value is -1.56. The SMILES string of the molecule is O=C(O)N[C@@H](CCCCCBr)C(=O)Nc1ccccc1. The van der Waals surface area contributed by atoms with Crippen molar-refractivity contribution in [2.24, 2.45) is 0 Å². The molecule has 20 heavy (non-hydrogen) atoms. The molecule has 0 aliphatic heterocycles. The number of amides is 2. The van der Waals surface area contributed by atoms with Crippen LogP contribution in [0.15, 0.2) is 30.3 Å². The zero-order chi connectivity index (χ0) is 14.8. The lowest BCUT2D eigenvalue weighted by Gasteiger charge is -2.16. The molecular formula is C14H19BrN2O3. The van der Waals surface area contributed by atoms with E-state index in [-0.39, 0.29) is 5.91 Å². The molecule has 3 N–H and O–H groups in total. The van der Waals surface area contributed by atoms with Crippen LogP contribution in [0.3, 0.4) is 0 Å². The van der Waals surface area contributed by atoms with Gasteiger partial charge in [0, 0.05) is 11.0 Å². The van der Waals surface area contributed by atoms with E-state index in [0.29, 0.717) is 12.1 Å². The van der Waals surface area contributed by atoms with Gasteiger partial charge in [-0.2, -0.15) is 0 Å². The van der Waals surface area contributed by atoms with E-state index in [4.69, 9.17) is 5.11 Å². The van der Waals surface area contributed by atoms with Crippen LogP contribution in [0.5, 0.6) is 0 Å². The molecule has 0 aromatic heterocycles. The van der Waals surface area contributed by atoms with Crippen molar-refractivity contribution in [3.05, 3.63) is 30.3 Å². The fraction of sp³-hybridized carbons (Fsp3) is 0.429. The van der Waals surface area contributed by atoms with Gasteiger partial charge in [0.05, 0.1) is 0 Å². The van der Waals surface area contributed by atoms with E-state index >= 15 is 0 Å². The fourth-order valence-electron chi connectivity index (χ4n) is 1.79. The summed E-state index contributed by atoms with van der Waals surface area (Å²) in [6, 6.07) is 8.28. The molecule has 0 bridgehead atoms. The fourth-order valence-corrected chi connectivity index (χ4v) is 2.18. The molecule has 0 spiro atoms. The molecule has 1 rings (SSSR count). The lowest BCUT2D eigenvalue weighted by atomic mass is 10.1. The van der Waals surface area contributed by atoms with Gasteiger partial charge in [0.25, 0.3) is 0 Å². The van der Waals surface area contributed by atoms with E-state index in [1.54, 1.807) is 12.1 Å². The Morgan fingerprint density at radius 1 is 1.15 bits per heavy atom. The summed E-state index contributed by atoms with van der Waals surface area (Å²) in [5.74, 6) is -0.322. The number of nitrogens with one attached hydrogen (secondary N) is 2. The molecule has 0 heterocycles. The first-order valence-corrected chi connectivity index (χ1v) is 7.67. The number of halogens is 1. The van der Waals surface area contributed by atoms with Crippen LogP contribution in [0.2, 0.25) is 0 Å². The minimum absolute atomic E-state index is 0.322. The van der Waals surface area contributed by atoms with Crippen molar-refractivity contribution in [2.45, 2.75) is 31.7 Å². The van der Waals surface area contributed by atoms with Crippen molar-refractivity contribution in [3.63, 3.8) is 0 Å². The second-order valence-electron chi connectivity index (χ2n) is 4.40. The number of hydrogen-bond donors (Lipinski definition) is 3. The summed E-state index contributed by atoms with van der Waals surface area (Å²) in [5.41, 5.74) is 0.662. The standard InChI is InChI=1S/C14H19BrN2O3/c15-10-6-2-5-9-12(17-14(19)20)13(18)16-11-7-3-1-4-8-11/h1,3-4,7-8,12,17H,2,5-6,9-10H2,(H,16,18)(H,19,20)/t12-/m0/s1. The Morgan fingerprint density at radius 3 is 2.45 bits per heavy atom. The lowest BCUT2D eigenvalue weighted by Crippen LogP contribution is -2.43. The van der Waals surface area contributed by atoms with Crippen LogP contribution in [0, 0.1) is 0 Å². The van der Waals surface area contributed by atoms with E-state index in [0.717, 1.165) is 24.6 Å². The number of benzene rings is 1. The first-order chi connectivity index (χ1) is 9.63. The Labute approximate surface area is 126 Å². The number of hydrogen-bond acceptors (Lipinski definition) is 2. The van der Waals surface area contributed by atoms with Crippen molar-refractivity contribution in [2.75, 3.05) is 10.6 Å². The van der Waals surface area contributed by atoms with Crippen LogP contribution < -0.4 is 10.6 Å². The number of unbranched alkanes of at least 4 members (excludes halogenated alkanes) is 2. The summed E-state index contributed by atoms with van der Waals surface area (Å²) in [7, 11) is 0. The average molecular weight is 343 g/mol. The van der Waals surface area contributed by atoms with Gasteiger partial charge in [0.2, 0.25) is 5.91 Å². The van der Waals surface area contributed by atoms with Crippen LogP contribution in [0.25, 0.3) is 0 Å². The highest BCUT2D eigenvalue weighted by Crippen LogP contribution is 2.10. The predicted molar refractivity (Wildman–Crippen MR) is 82.3 cm³/mol. The largest absolute Gasteiger partial charge is 0.465 e. The number of para-hydroxylation sites is 1. The molecule has 1 atom stereocenters. The van der Waals surface area contributed by atoms with Crippen LogP contribution in [-0.2, 0) is 4.79 Å². The molecular weight excluding hydrogens is 324 g/mol. The first kappa shape index (κ1) is 16.5. The highest BCUT2D eigenvalue weighted by Gasteiger charge is 2.19. The normalized spacial score (nSPS) is 11.7. The maximum atomic E-state index is 12.1. The molecule has 1 aromatic rings. The maximum Gasteiger partial charge on any atom is 0.405 e. The maximum absolute atomic E-state index is 12.1. The molecule has 0 aliphatic rings. The van der Waals surface area contributed by atoms with Gasteiger partial charge in [0.15, 0.2) is 0 Å². The molecule has 1 aromatic carbocycles. The highest BCUT2D eigenvalue weighted by atomic mass is 79.9. The molecule has 0 aliphatic carbocycles. The van der Waals surface area contributed by atoms with Crippen LogP contribution in [0.4, 0.5) is 10.5 Å². The zero-order valence-corrected chi connectivity index (χ0v) is 12.7. The van der Waals surface area contributed by atoms with Crippen molar-refractivity contribution in [1.82, 2.24) is 5.32 Å². The average Bonchev–Trinajstić information content (AvgIpc) is 2.43. The minimum atomic E-state index is -1.18. The third-order valence-corrected chi connectivity index (χ3v) is 3.34. The van der Waals surface area contributed by atoms with Crippen LogP contribution in [0.1, 0.15) is 25.7 Å². The number of anilines is 1. The molecule has 0 fully saturated rings. The molecule has 0 saturated carbocycles. The van der Waals surface area contributed by atoms with Gasteiger partial charge in [-0.15, -0.1) is 0 Å². The second kappa shape index (κ2) is 9.36. The summed E-state index contributed by atoms with van der Waals surface area (Å²) >= 11 is 3.34. The quantitative estimate of drug-likeness (QED) is 0.501. The van der Waals surface area contributed by atoms with Gasteiger partial charge in [-0.1, -0.05) is 47.0 Å². The third kappa shape index (κ3) is 6.56. The molecule has 0 saturated heterocycles. The number of carbonyl (C=O) groups is 2. The Bertz CT molecular complexity index is 426. The van der Waals surface area contributed by atoms with E-state index in [2.05, 4.69) is 26.6 Å². The Kier molecular flexibility index (Phi) is 7.72. The van der Waals surface area contributed by atoms with Gasteiger partial charge in [-0.05, 0) is 25.0 Å². The molecule has 2 amide bonds. The zero-order valence-electron chi connectivity index (χ0n) is 11.1. The van der Waals surface area contributed by atoms with Crippen molar-refractivity contribution in [1.29, 1.82) is 0 Å². The van der Waals surface area contributed by atoms with Crippen LogP contribution in [-0.4, -0.2) is 28.5 Å². The Balaban J connectivity index is 2.52. The monoisotopic (exact) mass is 342 g/mol. The smallest absolute Gasteiger partial charge is 0.405 e.